The van der Waals surface area contributed by atoms with Crippen LogP contribution in [0.1, 0.15) is 6.42 Å². The molecule has 0 spiro atoms. The Hall–Kier alpha value is -0.640. The van der Waals surface area contributed by atoms with E-state index in [1.54, 1.807) is 0 Å². The molecule has 1 atom stereocenters. The van der Waals surface area contributed by atoms with E-state index in [4.69, 9.17) is 0 Å². The van der Waals surface area contributed by atoms with Gasteiger partial charge in [0.25, 0.3) is 0 Å². The third-order valence-corrected chi connectivity index (χ3v) is 3.25. The molecule has 0 radical (unpaired) electrons. The van der Waals surface area contributed by atoms with Gasteiger partial charge in [0, 0.05) is 31.2 Å². The summed E-state index contributed by atoms with van der Waals surface area (Å²) in [5.41, 5.74) is 0. The van der Waals surface area contributed by atoms with Crippen LogP contribution in [0.15, 0.2) is 12.4 Å². The van der Waals surface area contributed by atoms with E-state index in [-0.39, 0.29) is 0 Å². The van der Waals surface area contributed by atoms with Gasteiger partial charge in [0.2, 0.25) is 5.95 Å². The van der Waals surface area contributed by atoms with Gasteiger partial charge in [0.1, 0.15) is 0 Å². The van der Waals surface area contributed by atoms with Gasteiger partial charge in [0.05, 0.1) is 0 Å². The molecule has 1 aliphatic heterocycles. The van der Waals surface area contributed by atoms with E-state index in [0.29, 0.717) is 6.04 Å². The fourth-order valence-electron chi connectivity index (χ4n) is 1.34. The number of imidazole rings is 1. The summed E-state index contributed by atoms with van der Waals surface area (Å²) in [5.74, 6) is 3.48. The second kappa shape index (κ2) is 3.39. The summed E-state index contributed by atoms with van der Waals surface area (Å²) in [6, 6.07) is 0.621. The molecule has 0 saturated carbocycles. The summed E-state index contributed by atoms with van der Waals surface area (Å²) in [5, 5.41) is 3.42. The van der Waals surface area contributed by atoms with Crippen LogP contribution in [0.4, 0.5) is 5.95 Å². The van der Waals surface area contributed by atoms with E-state index in [2.05, 4.69) is 10.3 Å². The van der Waals surface area contributed by atoms with Gasteiger partial charge in [-0.1, -0.05) is 0 Å². The fourth-order valence-corrected chi connectivity index (χ4v) is 2.49. The minimum atomic E-state index is 0.621. The summed E-state index contributed by atoms with van der Waals surface area (Å²) >= 11 is 2.01. The van der Waals surface area contributed by atoms with Gasteiger partial charge in [-0.2, -0.15) is 11.8 Å². The van der Waals surface area contributed by atoms with Crippen molar-refractivity contribution in [2.75, 3.05) is 16.8 Å². The van der Waals surface area contributed by atoms with Crippen molar-refractivity contribution in [2.24, 2.45) is 7.05 Å². The van der Waals surface area contributed by atoms with Crippen molar-refractivity contribution in [1.29, 1.82) is 0 Å². The van der Waals surface area contributed by atoms with Gasteiger partial charge in [-0.05, 0) is 12.2 Å². The molecule has 0 bridgehead atoms. The Labute approximate surface area is 76.6 Å². The molecule has 3 nitrogen and oxygen atoms in total. The van der Waals surface area contributed by atoms with Crippen LogP contribution in [0.5, 0.6) is 0 Å². The van der Waals surface area contributed by atoms with Crippen LogP contribution in [-0.4, -0.2) is 27.1 Å². The molecule has 1 unspecified atom stereocenters. The Morgan fingerprint density at radius 1 is 1.75 bits per heavy atom. The highest BCUT2D eigenvalue weighted by atomic mass is 32.2. The molecule has 1 aromatic rings. The molecule has 1 aromatic heterocycles. The average Bonchev–Trinajstić information content (AvgIpc) is 2.65. The first kappa shape index (κ1) is 7.98. The lowest BCUT2D eigenvalue weighted by Crippen LogP contribution is -2.20. The maximum atomic E-state index is 4.22. The highest BCUT2D eigenvalue weighted by Crippen LogP contribution is 2.20. The van der Waals surface area contributed by atoms with Gasteiger partial charge in [-0.15, -0.1) is 0 Å². The molecule has 66 valence electrons. The summed E-state index contributed by atoms with van der Waals surface area (Å²) in [7, 11) is 2.01. The smallest absolute Gasteiger partial charge is 0.202 e. The number of anilines is 1. The molecule has 0 amide bonds. The van der Waals surface area contributed by atoms with Crippen LogP contribution >= 0.6 is 11.8 Å². The summed E-state index contributed by atoms with van der Waals surface area (Å²) in [6.45, 7) is 0. The molecule has 12 heavy (non-hydrogen) atoms. The van der Waals surface area contributed by atoms with Crippen LogP contribution in [-0.2, 0) is 7.05 Å². The number of hydrogen-bond donors (Lipinski definition) is 1. The standard InChI is InChI=1S/C8H13N3S/c1-11-4-3-9-8(11)10-7-2-5-12-6-7/h3-4,7H,2,5-6H2,1H3,(H,9,10). The van der Waals surface area contributed by atoms with Crippen LogP contribution < -0.4 is 5.32 Å². The molecular formula is C8H13N3S. The van der Waals surface area contributed by atoms with Crippen molar-refractivity contribution < 1.29 is 0 Å². The SMILES string of the molecule is Cn1ccnc1NC1CCSC1. The molecule has 4 heteroatoms. The van der Waals surface area contributed by atoms with Crippen LogP contribution in [0.25, 0.3) is 0 Å². The van der Waals surface area contributed by atoms with Crippen molar-refractivity contribution in [2.45, 2.75) is 12.5 Å². The zero-order valence-corrected chi connectivity index (χ0v) is 7.97. The predicted molar refractivity (Wildman–Crippen MR) is 52.6 cm³/mol. The number of rotatable bonds is 2. The number of nitrogens with one attached hydrogen (secondary N) is 1. The number of hydrogen-bond acceptors (Lipinski definition) is 3. The van der Waals surface area contributed by atoms with E-state index in [1.165, 1.54) is 17.9 Å². The molecule has 0 aromatic carbocycles. The number of aromatic nitrogens is 2. The topological polar surface area (TPSA) is 29.9 Å². The molecule has 2 rings (SSSR count). The van der Waals surface area contributed by atoms with E-state index in [0.717, 1.165) is 5.95 Å². The number of nitrogens with zero attached hydrogens (tertiary/aromatic N) is 2. The molecule has 1 N–H and O–H groups in total. The Kier molecular flexibility index (Phi) is 2.26. The van der Waals surface area contributed by atoms with Crippen LogP contribution in [0.2, 0.25) is 0 Å². The van der Waals surface area contributed by atoms with Crippen molar-refractivity contribution in [3.63, 3.8) is 0 Å². The molecule has 1 aliphatic rings. The summed E-state index contributed by atoms with van der Waals surface area (Å²) in [4.78, 5) is 4.22. The van der Waals surface area contributed by atoms with Crippen molar-refractivity contribution >= 4 is 17.7 Å². The van der Waals surface area contributed by atoms with E-state index < -0.39 is 0 Å². The first-order valence-corrected chi connectivity index (χ1v) is 5.33. The Morgan fingerprint density at radius 2 is 2.67 bits per heavy atom. The molecule has 2 heterocycles. The molecule has 1 saturated heterocycles. The lowest BCUT2D eigenvalue weighted by Gasteiger charge is -2.11. The van der Waals surface area contributed by atoms with Gasteiger partial charge in [-0.25, -0.2) is 4.98 Å². The second-order valence-corrected chi connectivity index (χ2v) is 4.22. The predicted octanol–water partition coefficient (Wildman–Crippen LogP) is 1.34. The Balaban J connectivity index is 1.98. The third kappa shape index (κ3) is 1.58. The lowest BCUT2D eigenvalue weighted by molar-refractivity contribution is 0.779. The van der Waals surface area contributed by atoms with Gasteiger partial charge >= 0.3 is 0 Å². The van der Waals surface area contributed by atoms with Crippen molar-refractivity contribution in [3.8, 4) is 0 Å². The van der Waals surface area contributed by atoms with Crippen molar-refractivity contribution in [3.05, 3.63) is 12.4 Å². The number of aryl methyl sites for hydroxylation is 1. The summed E-state index contributed by atoms with van der Waals surface area (Å²) < 4.78 is 2.02. The van der Waals surface area contributed by atoms with Crippen LogP contribution in [0, 0.1) is 0 Å². The molecule has 1 fully saturated rings. The second-order valence-electron chi connectivity index (χ2n) is 3.07. The average molecular weight is 183 g/mol. The first-order valence-electron chi connectivity index (χ1n) is 4.18. The highest BCUT2D eigenvalue weighted by Gasteiger charge is 2.15. The third-order valence-electron chi connectivity index (χ3n) is 2.08. The largest absolute Gasteiger partial charge is 0.352 e. The normalized spacial score (nSPS) is 22.9. The molecule has 0 aliphatic carbocycles. The monoisotopic (exact) mass is 183 g/mol. The van der Waals surface area contributed by atoms with Gasteiger partial charge in [-0.3, -0.25) is 0 Å². The van der Waals surface area contributed by atoms with Gasteiger partial charge in [0.15, 0.2) is 0 Å². The summed E-state index contributed by atoms with van der Waals surface area (Å²) in [6.07, 6.45) is 5.05. The maximum Gasteiger partial charge on any atom is 0.202 e. The minimum absolute atomic E-state index is 0.621. The quantitative estimate of drug-likeness (QED) is 0.750. The maximum absolute atomic E-state index is 4.22. The van der Waals surface area contributed by atoms with E-state index in [9.17, 15) is 0 Å². The van der Waals surface area contributed by atoms with E-state index >= 15 is 0 Å². The zero-order chi connectivity index (χ0) is 8.39. The Morgan fingerprint density at radius 3 is 3.25 bits per heavy atom. The first-order chi connectivity index (χ1) is 5.86. The number of thioether (sulfide) groups is 1. The van der Waals surface area contributed by atoms with Crippen molar-refractivity contribution in [1.82, 2.24) is 9.55 Å². The van der Waals surface area contributed by atoms with E-state index in [1.807, 2.05) is 35.8 Å². The van der Waals surface area contributed by atoms with Gasteiger partial charge < -0.3 is 9.88 Å². The Bertz CT molecular complexity index is 253. The minimum Gasteiger partial charge on any atom is -0.352 e. The highest BCUT2D eigenvalue weighted by molar-refractivity contribution is 7.99. The zero-order valence-electron chi connectivity index (χ0n) is 7.16. The fraction of sp³-hybridized carbons (Fsp3) is 0.625. The molecular weight excluding hydrogens is 170 g/mol. The van der Waals surface area contributed by atoms with Crippen LogP contribution in [0.3, 0.4) is 0 Å². The lowest BCUT2D eigenvalue weighted by atomic mass is 10.3.